The number of hydrogen-bond donors (Lipinski definition) is 1. The molecule has 3 aromatic heterocycles. The van der Waals surface area contributed by atoms with Crippen LogP contribution in [-0.2, 0) is 23.8 Å². The maximum atomic E-state index is 12.9. The molecule has 3 heterocycles. The lowest BCUT2D eigenvalue weighted by atomic mass is 10.1. The summed E-state index contributed by atoms with van der Waals surface area (Å²) in [7, 11) is 0. The van der Waals surface area contributed by atoms with Crippen molar-refractivity contribution in [2.24, 2.45) is 0 Å². The van der Waals surface area contributed by atoms with Gasteiger partial charge in [0.2, 0.25) is 5.91 Å². The number of amides is 1. The van der Waals surface area contributed by atoms with Crippen molar-refractivity contribution in [1.29, 1.82) is 0 Å². The standard InChI is InChI=1S/C24H26F3N7O/c1-15-18(14-33(31-15)19-9-5-4-6-10-19)8-7-13-28-21(35)12-11-20-16(2)29-23-30-22(24(25,26)27)32-34(23)17(20)3/h4-6,9-10,14H,7-8,11-13H2,1-3H3,(H,28,35). The molecule has 0 spiro atoms. The van der Waals surface area contributed by atoms with Crippen LogP contribution in [0.15, 0.2) is 36.5 Å². The molecule has 0 bridgehead atoms. The second kappa shape index (κ2) is 9.85. The highest BCUT2D eigenvalue weighted by molar-refractivity contribution is 5.76. The van der Waals surface area contributed by atoms with Gasteiger partial charge in [-0.25, -0.2) is 14.2 Å². The van der Waals surface area contributed by atoms with Crippen LogP contribution < -0.4 is 5.32 Å². The lowest BCUT2D eigenvalue weighted by Gasteiger charge is -2.10. The number of alkyl halides is 3. The van der Waals surface area contributed by atoms with Gasteiger partial charge in [-0.3, -0.25) is 4.79 Å². The largest absolute Gasteiger partial charge is 0.453 e. The molecule has 0 aliphatic heterocycles. The number of hydrogen-bond acceptors (Lipinski definition) is 5. The number of aryl methyl sites for hydroxylation is 4. The smallest absolute Gasteiger partial charge is 0.356 e. The zero-order chi connectivity index (χ0) is 25.2. The van der Waals surface area contributed by atoms with Gasteiger partial charge in [-0.05, 0) is 63.3 Å². The van der Waals surface area contributed by atoms with E-state index < -0.39 is 12.0 Å². The highest BCUT2D eigenvalue weighted by atomic mass is 19.4. The summed E-state index contributed by atoms with van der Waals surface area (Å²) < 4.78 is 41.8. The van der Waals surface area contributed by atoms with Gasteiger partial charge in [-0.15, -0.1) is 5.10 Å². The maximum Gasteiger partial charge on any atom is 0.453 e. The van der Waals surface area contributed by atoms with Gasteiger partial charge in [0, 0.05) is 30.6 Å². The highest BCUT2D eigenvalue weighted by Crippen LogP contribution is 2.27. The van der Waals surface area contributed by atoms with E-state index in [-0.39, 0.29) is 18.1 Å². The second-order valence-electron chi connectivity index (χ2n) is 8.38. The Morgan fingerprint density at radius 3 is 2.46 bits per heavy atom. The number of aromatic nitrogens is 6. The van der Waals surface area contributed by atoms with Crippen LogP contribution in [-0.4, -0.2) is 41.8 Å². The Labute approximate surface area is 200 Å². The Morgan fingerprint density at radius 2 is 1.74 bits per heavy atom. The van der Waals surface area contributed by atoms with Crippen molar-refractivity contribution >= 4 is 11.7 Å². The van der Waals surface area contributed by atoms with Crippen LogP contribution in [0.3, 0.4) is 0 Å². The van der Waals surface area contributed by atoms with Gasteiger partial charge in [0.15, 0.2) is 0 Å². The number of carbonyl (C=O) groups excluding carboxylic acids is 1. The van der Waals surface area contributed by atoms with Gasteiger partial charge < -0.3 is 5.32 Å². The fraction of sp³-hybridized carbons (Fsp3) is 0.375. The third kappa shape index (κ3) is 5.50. The first-order valence-corrected chi connectivity index (χ1v) is 11.3. The molecule has 4 aromatic rings. The molecule has 0 aliphatic carbocycles. The molecule has 0 unspecified atom stereocenters. The van der Waals surface area contributed by atoms with E-state index in [4.69, 9.17) is 0 Å². The fourth-order valence-corrected chi connectivity index (χ4v) is 3.98. The summed E-state index contributed by atoms with van der Waals surface area (Å²) in [5.74, 6) is -1.46. The SMILES string of the molecule is Cc1nn(-c2ccccc2)cc1CCCNC(=O)CCc1c(C)nc2nc(C(F)(F)F)nn2c1C. The van der Waals surface area contributed by atoms with Crippen LogP contribution in [0.5, 0.6) is 0 Å². The second-order valence-corrected chi connectivity index (χ2v) is 8.38. The van der Waals surface area contributed by atoms with E-state index in [1.807, 2.05) is 48.1 Å². The predicted octanol–water partition coefficient (Wildman–Crippen LogP) is 3.94. The average Bonchev–Trinajstić information content (AvgIpc) is 3.41. The molecular weight excluding hydrogens is 459 g/mol. The molecule has 0 saturated heterocycles. The minimum atomic E-state index is -4.65. The number of nitrogens with one attached hydrogen (secondary N) is 1. The molecule has 0 radical (unpaired) electrons. The summed E-state index contributed by atoms with van der Waals surface area (Å²) in [5.41, 5.74) is 4.80. The van der Waals surface area contributed by atoms with E-state index in [0.717, 1.165) is 34.3 Å². The van der Waals surface area contributed by atoms with Gasteiger partial charge in [0.25, 0.3) is 11.6 Å². The topological polar surface area (TPSA) is 90.0 Å². The molecule has 0 aliphatic rings. The molecule has 8 nitrogen and oxygen atoms in total. The molecule has 1 N–H and O–H groups in total. The van der Waals surface area contributed by atoms with Crippen LogP contribution in [0.2, 0.25) is 0 Å². The third-order valence-corrected chi connectivity index (χ3v) is 5.87. The van der Waals surface area contributed by atoms with E-state index in [0.29, 0.717) is 29.9 Å². The Bertz CT molecular complexity index is 1340. The van der Waals surface area contributed by atoms with Crippen LogP contribution in [0.25, 0.3) is 11.5 Å². The summed E-state index contributed by atoms with van der Waals surface area (Å²) in [4.78, 5) is 20.0. The zero-order valence-electron chi connectivity index (χ0n) is 19.7. The summed E-state index contributed by atoms with van der Waals surface area (Å²) >= 11 is 0. The van der Waals surface area contributed by atoms with E-state index in [1.165, 1.54) is 0 Å². The van der Waals surface area contributed by atoms with Crippen molar-refractivity contribution in [2.45, 2.75) is 52.6 Å². The molecule has 1 aromatic carbocycles. The van der Waals surface area contributed by atoms with E-state index in [1.54, 1.807) is 13.8 Å². The molecule has 4 rings (SSSR count). The molecule has 35 heavy (non-hydrogen) atoms. The zero-order valence-corrected chi connectivity index (χ0v) is 19.7. The lowest BCUT2D eigenvalue weighted by Crippen LogP contribution is -2.25. The summed E-state index contributed by atoms with van der Waals surface area (Å²) in [6.45, 7) is 5.83. The first-order valence-electron chi connectivity index (χ1n) is 11.3. The van der Waals surface area contributed by atoms with E-state index in [9.17, 15) is 18.0 Å². The normalized spacial score (nSPS) is 11.8. The molecule has 0 fully saturated rings. The monoisotopic (exact) mass is 485 g/mol. The predicted molar refractivity (Wildman–Crippen MR) is 123 cm³/mol. The summed E-state index contributed by atoms with van der Waals surface area (Å²) in [6, 6.07) is 9.87. The number of nitrogens with zero attached hydrogens (tertiary/aromatic N) is 6. The summed E-state index contributed by atoms with van der Waals surface area (Å²) in [6.07, 6.45) is -0.553. The van der Waals surface area contributed by atoms with Crippen molar-refractivity contribution in [1.82, 2.24) is 34.7 Å². The maximum absolute atomic E-state index is 12.9. The van der Waals surface area contributed by atoms with Crippen LogP contribution in [0.4, 0.5) is 13.2 Å². The third-order valence-electron chi connectivity index (χ3n) is 5.87. The number of rotatable bonds is 8. The fourth-order valence-electron chi connectivity index (χ4n) is 3.98. The van der Waals surface area contributed by atoms with Gasteiger partial charge in [-0.2, -0.15) is 23.3 Å². The minimum Gasteiger partial charge on any atom is -0.356 e. The molecule has 184 valence electrons. The van der Waals surface area contributed by atoms with Crippen LogP contribution in [0.1, 0.15) is 46.9 Å². The molecular formula is C24H26F3N7O. The van der Waals surface area contributed by atoms with E-state index >= 15 is 0 Å². The van der Waals surface area contributed by atoms with Gasteiger partial charge >= 0.3 is 6.18 Å². The molecule has 0 saturated carbocycles. The minimum absolute atomic E-state index is 0.105. The molecule has 11 heteroatoms. The summed E-state index contributed by atoms with van der Waals surface area (Å²) in [5, 5.41) is 11.0. The van der Waals surface area contributed by atoms with Crippen LogP contribution >= 0.6 is 0 Å². The highest BCUT2D eigenvalue weighted by Gasteiger charge is 2.37. The van der Waals surface area contributed by atoms with E-state index in [2.05, 4.69) is 25.5 Å². The van der Waals surface area contributed by atoms with Crippen molar-refractivity contribution < 1.29 is 18.0 Å². The molecule has 1 amide bonds. The number of benzene rings is 1. The quantitative estimate of drug-likeness (QED) is 0.382. The Morgan fingerprint density at radius 1 is 1.00 bits per heavy atom. The van der Waals surface area contributed by atoms with Crippen molar-refractivity contribution in [3.05, 3.63) is 70.6 Å². The average molecular weight is 486 g/mol. The van der Waals surface area contributed by atoms with Crippen LogP contribution in [0, 0.1) is 20.8 Å². The number of para-hydroxylation sites is 1. The Hall–Kier alpha value is -3.76. The van der Waals surface area contributed by atoms with Gasteiger partial charge in [0.05, 0.1) is 11.4 Å². The lowest BCUT2D eigenvalue weighted by molar-refractivity contribution is -0.144. The number of halogens is 3. The number of carbonyl (C=O) groups is 1. The van der Waals surface area contributed by atoms with Crippen molar-refractivity contribution in [3.63, 3.8) is 0 Å². The Balaban J connectivity index is 1.30. The van der Waals surface area contributed by atoms with Crippen molar-refractivity contribution in [3.8, 4) is 5.69 Å². The van der Waals surface area contributed by atoms with Gasteiger partial charge in [-0.1, -0.05) is 18.2 Å². The first-order chi connectivity index (χ1) is 16.6. The Kier molecular flexibility index (Phi) is 6.86. The first kappa shape index (κ1) is 24.4. The molecule has 0 atom stereocenters. The number of fused-ring (bicyclic) bond motifs is 1. The van der Waals surface area contributed by atoms with Gasteiger partial charge in [0.1, 0.15) is 0 Å². The van der Waals surface area contributed by atoms with Crippen molar-refractivity contribution in [2.75, 3.05) is 6.54 Å².